The highest BCUT2D eigenvalue weighted by molar-refractivity contribution is 5.95. The van der Waals surface area contributed by atoms with Crippen LogP contribution in [0.2, 0.25) is 0 Å². The SMILES string of the molecule is C=C(C(N)=O)C(CC(C)CCC)NC(=O)C1C[C@@H](CC)CN1C(=O)C(NC(C)=O)C(C)(C)C. The van der Waals surface area contributed by atoms with E-state index in [9.17, 15) is 19.2 Å². The van der Waals surface area contributed by atoms with E-state index in [1.54, 1.807) is 4.90 Å². The average Bonchev–Trinajstić information content (AvgIpc) is 3.14. The first-order chi connectivity index (χ1) is 15.2. The van der Waals surface area contributed by atoms with Crippen LogP contribution in [-0.2, 0) is 19.2 Å². The minimum Gasteiger partial charge on any atom is -0.366 e. The van der Waals surface area contributed by atoms with Crippen LogP contribution in [0.15, 0.2) is 12.2 Å². The van der Waals surface area contributed by atoms with E-state index in [2.05, 4.69) is 31.1 Å². The Bertz CT molecular complexity index is 743. The lowest BCUT2D eigenvalue weighted by Gasteiger charge is -2.35. The minimum absolute atomic E-state index is 0.167. The van der Waals surface area contributed by atoms with E-state index in [0.717, 1.165) is 19.3 Å². The molecule has 0 aromatic rings. The van der Waals surface area contributed by atoms with Gasteiger partial charge in [0, 0.05) is 19.0 Å². The standard InChI is InChI=1S/C25H44N4O4/c1-9-11-15(3)12-19(16(4)22(26)31)28-23(32)20-13-18(10-2)14-29(20)24(33)21(25(6,7)8)27-17(5)30/h15,18-21H,4,9-14H2,1-3,5-8H3,(H2,26,31)(H,27,30)(H,28,32)/t15?,18-,19?,20?,21?/m1/s1. The molecule has 33 heavy (non-hydrogen) atoms. The van der Waals surface area contributed by atoms with Crippen LogP contribution in [0.25, 0.3) is 0 Å². The zero-order chi connectivity index (χ0) is 25.5. The van der Waals surface area contributed by atoms with Crippen molar-refractivity contribution >= 4 is 23.6 Å². The van der Waals surface area contributed by atoms with E-state index in [-0.39, 0.29) is 35.1 Å². The first-order valence-corrected chi connectivity index (χ1v) is 12.1. The number of carbonyl (C=O) groups is 4. The molecule has 0 saturated carbocycles. The second-order valence-corrected chi connectivity index (χ2v) is 10.6. The number of primary amides is 1. The van der Waals surface area contributed by atoms with Crippen LogP contribution < -0.4 is 16.4 Å². The summed E-state index contributed by atoms with van der Waals surface area (Å²) in [6.07, 6.45) is 3.86. The summed E-state index contributed by atoms with van der Waals surface area (Å²) < 4.78 is 0. The van der Waals surface area contributed by atoms with E-state index in [4.69, 9.17) is 5.73 Å². The Kier molecular flexibility index (Phi) is 10.6. The van der Waals surface area contributed by atoms with Crippen molar-refractivity contribution in [3.63, 3.8) is 0 Å². The number of hydrogen-bond acceptors (Lipinski definition) is 4. The molecule has 8 heteroatoms. The van der Waals surface area contributed by atoms with Crippen LogP contribution in [0.4, 0.5) is 0 Å². The molecule has 4 unspecified atom stereocenters. The molecule has 0 aromatic carbocycles. The Hall–Kier alpha value is -2.38. The van der Waals surface area contributed by atoms with Gasteiger partial charge in [0.15, 0.2) is 0 Å². The molecule has 0 radical (unpaired) electrons. The van der Waals surface area contributed by atoms with Gasteiger partial charge in [0.05, 0.1) is 6.04 Å². The first kappa shape index (κ1) is 28.7. The lowest BCUT2D eigenvalue weighted by atomic mass is 9.85. The summed E-state index contributed by atoms with van der Waals surface area (Å²) in [6.45, 7) is 17.5. The third-order valence-corrected chi connectivity index (χ3v) is 6.48. The molecule has 0 aromatic heterocycles. The van der Waals surface area contributed by atoms with Gasteiger partial charge >= 0.3 is 0 Å². The molecule has 0 bridgehead atoms. The normalized spacial score (nSPS) is 21.1. The summed E-state index contributed by atoms with van der Waals surface area (Å²) in [6, 6.07) is -2.00. The van der Waals surface area contributed by atoms with Gasteiger partial charge in [-0.05, 0) is 30.1 Å². The van der Waals surface area contributed by atoms with E-state index >= 15 is 0 Å². The van der Waals surface area contributed by atoms with Crippen molar-refractivity contribution in [1.82, 2.24) is 15.5 Å². The molecule has 1 aliphatic heterocycles. The van der Waals surface area contributed by atoms with Crippen LogP contribution in [0.3, 0.4) is 0 Å². The Morgan fingerprint density at radius 2 is 1.76 bits per heavy atom. The van der Waals surface area contributed by atoms with Gasteiger partial charge in [-0.15, -0.1) is 0 Å². The van der Waals surface area contributed by atoms with E-state index in [1.807, 2.05) is 27.7 Å². The van der Waals surface area contributed by atoms with Gasteiger partial charge in [0.2, 0.25) is 23.6 Å². The fourth-order valence-corrected chi connectivity index (χ4v) is 4.47. The van der Waals surface area contributed by atoms with E-state index < -0.39 is 29.4 Å². The number of nitrogens with zero attached hydrogens (tertiary/aromatic N) is 1. The van der Waals surface area contributed by atoms with Crippen LogP contribution in [0.5, 0.6) is 0 Å². The molecule has 1 rings (SSSR count). The lowest BCUT2D eigenvalue weighted by molar-refractivity contribution is -0.143. The zero-order valence-electron chi connectivity index (χ0n) is 21.5. The molecule has 1 heterocycles. The van der Waals surface area contributed by atoms with Gasteiger partial charge < -0.3 is 21.3 Å². The Morgan fingerprint density at radius 1 is 1.15 bits per heavy atom. The summed E-state index contributed by atoms with van der Waals surface area (Å²) in [4.78, 5) is 52.1. The lowest BCUT2D eigenvalue weighted by Crippen LogP contribution is -2.58. The summed E-state index contributed by atoms with van der Waals surface area (Å²) in [5.74, 6) is -1.07. The zero-order valence-corrected chi connectivity index (χ0v) is 21.5. The predicted octanol–water partition coefficient (Wildman–Crippen LogP) is 2.52. The summed E-state index contributed by atoms with van der Waals surface area (Å²) >= 11 is 0. The number of rotatable bonds is 11. The number of nitrogens with one attached hydrogen (secondary N) is 2. The maximum atomic E-state index is 13.5. The Morgan fingerprint density at radius 3 is 2.21 bits per heavy atom. The van der Waals surface area contributed by atoms with Crippen molar-refractivity contribution in [2.75, 3.05) is 6.54 Å². The summed E-state index contributed by atoms with van der Waals surface area (Å²) in [5.41, 5.74) is 5.12. The smallest absolute Gasteiger partial charge is 0.246 e. The van der Waals surface area contributed by atoms with Crippen molar-refractivity contribution in [3.8, 4) is 0 Å². The summed E-state index contributed by atoms with van der Waals surface area (Å²) in [7, 11) is 0. The van der Waals surface area contributed by atoms with Gasteiger partial charge in [-0.2, -0.15) is 0 Å². The van der Waals surface area contributed by atoms with Gasteiger partial charge in [0.1, 0.15) is 12.1 Å². The molecule has 0 spiro atoms. The third-order valence-electron chi connectivity index (χ3n) is 6.48. The number of amides is 4. The molecular weight excluding hydrogens is 420 g/mol. The number of nitrogens with two attached hydrogens (primary N) is 1. The molecule has 188 valence electrons. The molecule has 1 fully saturated rings. The number of carbonyl (C=O) groups excluding carboxylic acids is 4. The Balaban J connectivity index is 3.17. The van der Waals surface area contributed by atoms with E-state index in [0.29, 0.717) is 19.4 Å². The topological polar surface area (TPSA) is 122 Å². The third kappa shape index (κ3) is 8.16. The second-order valence-electron chi connectivity index (χ2n) is 10.6. The highest BCUT2D eigenvalue weighted by atomic mass is 16.2. The molecule has 1 aliphatic rings. The molecule has 1 saturated heterocycles. The van der Waals surface area contributed by atoms with Crippen molar-refractivity contribution in [2.45, 2.75) is 98.7 Å². The van der Waals surface area contributed by atoms with E-state index in [1.165, 1.54) is 6.92 Å². The van der Waals surface area contributed by atoms with Crippen molar-refractivity contribution < 1.29 is 19.2 Å². The minimum atomic E-state index is -0.748. The van der Waals surface area contributed by atoms with Crippen LogP contribution in [-0.4, -0.2) is 53.2 Å². The van der Waals surface area contributed by atoms with Crippen molar-refractivity contribution in [3.05, 3.63) is 12.2 Å². The van der Waals surface area contributed by atoms with Gasteiger partial charge in [-0.1, -0.05) is 67.4 Å². The highest BCUT2D eigenvalue weighted by Gasteiger charge is 2.44. The van der Waals surface area contributed by atoms with Crippen LogP contribution in [0.1, 0.15) is 80.6 Å². The highest BCUT2D eigenvalue weighted by Crippen LogP contribution is 2.30. The van der Waals surface area contributed by atoms with Crippen LogP contribution in [0, 0.1) is 17.3 Å². The van der Waals surface area contributed by atoms with Gasteiger partial charge in [-0.3, -0.25) is 19.2 Å². The quantitative estimate of drug-likeness (QED) is 0.407. The van der Waals surface area contributed by atoms with Crippen molar-refractivity contribution in [1.29, 1.82) is 0 Å². The Labute approximate surface area is 199 Å². The van der Waals surface area contributed by atoms with Gasteiger partial charge in [0.25, 0.3) is 0 Å². The maximum absolute atomic E-state index is 13.5. The fourth-order valence-electron chi connectivity index (χ4n) is 4.47. The predicted molar refractivity (Wildman–Crippen MR) is 130 cm³/mol. The monoisotopic (exact) mass is 464 g/mol. The second kappa shape index (κ2) is 12.2. The van der Waals surface area contributed by atoms with Gasteiger partial charge in [-0.25, -0.2) is 0 Å². The first-order valence-electron chi connectivity index (χ1n) is 12.1. The number of likely N-dealkylation sites (tertiary alicyclic amines) is 1. The van der Waals surface area contributed by atoms with Crippen molar-refractivity contribution in [2.24, 2.45) is 23.0 Å². The number of hydrogen-bond donors (Lipinski definition) is 3. The molecule has 4 amide bonds. The molecular formula is C25H44N4O4. The molecule has 5 atom stereocenters. The average molecular weight is 465 g/mol. The molecule has 4 N–H and O–H groups in total. The van der Waals surface area contributed by atoms with Crippen LogP contribution >= 0.6 is 0 Å². The summed E-state index contributed by atoms with van der Waals surface area (Å²) in [5, 5.41) is 5.72. The largest absolute Gasteiger partial charge is 0.366 e. The molecule has 0 aliphatic carbocycles. The maximum Gasteiger partial charge on any atom is 0.246 e. The molecule has 8 nitrogen and oxygen atoms in total. The fraction of sp³-hybridized carbons (Fsp3) is 0.760.